The van der Waals surface area contributed by atoms with Crippen LogP contribution in [0.15, 0.2) is 0 Å². The lowest BCUT2D eigenvalue weighted by molar-refractivity contribution is 0.0311. The lowest BCUT2D eigenvalue weighted by Crippen LogP contribution is -2.11. The maximum Gasteiger partial charge on any atom is 0.0697 e. The third-order valence-electron chi connectivity index (χ3n) is 2.29. The second-order valence-electron chi connectivity index (χ2n) is 3.87. The van der Waals surface area contributed by atoms with Crippen molar-refractivity contribution >= 4 is 0 Å². The maximum atomic E-state index is 8.48. The topological polar surface area (TPSA) is 38.7 Å². The molecule has 0 aromatic rings. The van der Waals surface area contributed by atoms with Crippen molar-refractivity contribution in [1.82, 2.24) is 0 Å². The fourth-order valence-corrected chi connectivity index (χ4v) is 1.38. The fraction of sp³-hybridized carbons (Fsp3) is 1.00. The van der Waals surface area contributed by atoms with Gasteiger partial charge < -0.3 is 14.6 Å². The molecular formula is C12H26O3. The van der Waals surface area contributed by atoms with Gasteiger partial charge in [0, 0.05) is 13.2 Å². The molecular weight excluding hydrogens is 192 g/mol. The van der Waals surface area contributed by atoms with Gasteiger partial charge >= 0.3 is 0 Å². The van der Waals surface area contributed by atoms with E-state index in [0.717, 1.165) is 19.4 Å². The van der Waals surface area contributed by atoms with Crippen molar-refractivity contribution in [3.63, 3.8) is 0 Å². The van der Waals surface area contributed by atoms with Gasteiger partial charge in [0.15, 0.2) is 0 Å². The zero-order chi connectivity index (χ0) is 11.4. The van der Waals surface area contributed by atoms with Crippen LogP contribution in [0.1, 0.15) is 46.0 Å². The van der Waals surface area contributed by atoms with Gasteiger partial charge in [0.1, 0.15) is 0 Å². The van der Waals surface area contributed by atoms with Crippen molar-refractivity contribution in [1.29, 1.82) is 0 Å². The van der Waals surface area contributed by atoms with Gasteiger partial charge in [0.05, 0.1) is 19.3 Å². The first-order chi connectivity index (χ1) is 7.31. The molecule has 0 heterocycles. The molecule has 0 saturated carbocycles. The molecule has 0 radical (unpaired) electrons. The molecule has 0 rings (SSSR count). The molecule has 3 heteroatoms. The van der Waals surface area contributed by atoms with E-state index in [4.69, 9.17) is 14.6 Å². The summed E-state index contributed by atoms with van der Waals surface area (Å²) >= 11 is 0. The molecule has 0 fully saturated rings. The average molecular weight is 218 g/mol. The molecule has 15 heavy (non-hydrogen) atoms. The Labute approximate surface area is 93.8 Å². The molecule has 0 aliphatic heterocycles. The number of aliphatic hydroxyl groups excluding tert-OH is 1. The van der Waals surface area contributed by atoms with Crippen LogP contribution < -0.4 is 0 Å². The predicted octanol–water partition coefficient (Wildman–Crippen LogP) is 2.37. The number of hydrogen-bond donors (Lipinski definition) is 1. The van der Waals surface area contributed by atoms with Gasteiger partial charge in [-0.1, -0.05) is 26.2 Å². The molecule has 3 nitrogen and oxygen atoms in total. The highest BCUT2D eigenvalue weighted by atomic mass is 16.5. The summed E-state index contributed by atoms with van der Waals surface area (Å²) in [5, 5.41) is 8.48. The molecule has 0 aromatic carbocycles. The molecule has 0 amide bonds. The van der Waals surface area contributed by atoms with Crippen LogP contribution >= 0.6 is 0 Å². The standard InChI is InChI=1S/C12H26O3/c1-3-4-5-7-12(2)15-10-6-9-14-11-8-13/h12-13H,3-11H2,1-2H3. The van der Waals surface area contributed by atoms with Gasteiger partial charge in [-0.05, 0) is 19.8 Å². The van der Waals surface area contributed by atoms with Crippen LogP contribution in [0, 0.1) is 0 Å². The van der Waals surface area contributed by atoms with E-state index in [2.05, 4.69) is 13.8 Å². The Hall–Kier alpha value is -0.120. The predicted molar refractivity (Wildman–Crippen MR) is 62.1 cm³/mol. The van der Waals surface area contributed by atoms with E-state index in [9.17, 15) is 0 Å². The Morgan fingerprint density at radius 2 is 1.87 bits per heavy atom. The second kappa shape index (κ2) is 12.0. The molecule has 1 atom stereocenters. The van der Waals surface area contributed by atoms with Crippen LogP contribution in [0.4, 0.5) is 0 Å². The Kier molecular flexibility index (Phi) is 11.9. The van der Waals surface area contributed by atoms with Gasteiger partial charge in [0.2, 0.25) is 0 Å². The van der Waals surface area contributed by atoms with Crippen molar-refractivity contribution in [2.45, 2.75) is 52.1 Å². The molecule has 0 aliphatic rings. The Bertz CT molecular complexity index is 117. The summed E-state index contributed by atoms with van der Waals surface area (Å²) in [7, 11) is 0. The average Bonchev–Trinajstić information content (AvgIpc) is 2.23. The highest BCUT2D eigenvalue weighted by Gasteiger charge is 2.00. The molecule has 92 valence electrons. The minimum Gasteiger partial charge on any atom is -0.394 e. The first-order valence-corrected chi connectivity index (χ1v) is 6.11. The number of hydrogen-bond acceptors (Lipinski definition) is 3. The van der Waals surface area contributed by atoms with Gasteiger partial charge in [-0.3, -0.25) is 0 Å². The lowest BCUT2D eigenvalue weighted by Gasteiger charge is -2.12. The molecule has 1 N–H and O–H groups in total. The number of ether oxygens (including phenoxy) is 2. The zero-order valence-electron chi connectivity index (χ0n) is 10.2. The molecule has 0 spiro atoms. The summed E-state index contributed by atoms with van der Waals surface area (Å²) in [6.45, 7) is 6.33. The van der Waals surface area contributed by atoms with Crippen LogP contribution in [0.2, 0.25) is 0 Å². The third-order valence-corrected chi connectivity index (χ3v) is 2.29. The van der Waals surface area contributed by atoms with Gasteiger partial charge in [-0.15, -0.1) is 0 Å². The van der Waals surface area contributed by atoms with E-state index in [-0.39, 0.29) is 6.61 Å². The molecule has 1 unspecified atom stereocenters. The van der Waals surface area contributed by atoms with Crippen molar-refractivity contribution in [3.05, 3.63) is 0 Å². The van der Waals surface area contributed by atoms with Crippen LogP contribution in [0.25, 0.3) is 0 Å². The third kappa shape index (κ3) is 11.8. The van der Waals surface area contributed by atoms with E-state index in [1.807, 2.05) is 0 Å². The molecule has 0 saturated heterocycles. The first kappa shape index (κ1) is 14.9. The monoisotopic (exact) mass is 218 g/mol. The second-order valence-corrected chi connectivity index (χ2v) is 3.87. The lowest BCUT2D eigenvalue weighted by atomic mass is 10.1. The smallest absolute Gasteiger partial charge is 0.0697 e. The highest BCUT2D eigenvalue weighted by Crippen LogP contribution is 2.06. The van der Waals surface area contributed by atoms with Gasteiger partial charge in [-0.2, -0.15) is 0 Å². The SMILES string of the molecule is CCCCCC(C)OCCCOCCO. The normalized spacial score (nSPS) is 13.0. The summed E-state index contributed by atoms with van der Waals surface area (Å²) in [6.07, 6.45) is 6.27. The van der Waals surface area contributed by atoms with Gasteiger partial charge in [-0.25, -0.2) is 0 Å². The Morgan fingerprint density at radius 3 is 2.53 bits per heavy atom. The van der Waals surface area contributed by atoms with Crippen molar-refractivity contribution in [2.75, 3.05) is 26.4 Å². The van der Waals surface area contributed by atoms with E-state index >= 15 is 0 Å². The summed E-state index contributed by atoms with van der Waals surface area (Å²) in [4.78, 5) is 0. The maximum absolute atomic E-state index is 8.48. The van der Waals surface area contributed by atoms with Crippen molar-refractivity contribution < 1.29 is 14.6 Å². The summed E-state index contributed by atoms with van der Waals surface area (Å²) in [6, 6.07) is 0. The Morgan fingerprint density at radius 1 is 1.07 bits per heavy atom. The number of aliphatic hydroxyl groups is 1. The van der Waals surface area contributed by atoms with Crippen LogP contribution in [0.5, 0.6) is 0 Å². The largest absolute Gasteiger partial charge is 0.394 e. The van der Waals surface area contributed by atoms with E-state index in [0.29, 0.717) is 19.3 Å². The fourth-order valence-electron chi connectivity index (χ4n) is 1.38. The summed E-state index contributed by atoms with van der Waals surface area (Å²) in [5.41, 5.74) is 0. The minimum atomic E-state index is 0.105. The first-order valence-electron chi connectivity index (χ1n) is 6.11. The summed E-state index contributed by atoms with van der Waals surface area (Å²) in [5.74, 6) is 0. The molecule has 0 aromatic heterocycles. The van der Waals surface area contributed by atoms with Crippen molar-refractivity contribution in [2.24, 2.45) is 0 Å². The minimum absolute atomic E-state index is 0.105. The van der Waals surface area contributed by atoms with E-state index in [1.165, 1.54) is 19.3 Å². The van der Waals surface area contributed by atoms with Crippen LogP contribution in [-0.4, -0.2) is 37.6 Å². The van der Waals surface area contributed by atoms with Crippen LogP contribution in [0.3, 0.4) is 0 Å². The Balaban J connectivity index is 3.06. The van der Waals surface area contributed by atoms with E-state index in [1.54, 1.807) is 0 Å². The highest BCUT2D eigenvalue weighted by molar-refractivity contribution is 4.51. The number of rotatable bonds is 11. The van der Waals surface area contributed by atoms with Gasteiger partial charge in [0.25, 0.3) is 0 Å². The summed E-state index contributed by atoms with van der Waals surface area (Å²) < 4.78 is 10.8. The van der Waals surface area contributed by atoms with Crippen molar-refractivity contribution in [3.8, 4) is 0 Å². The van der Waals surface area contributed by atoms with Crippen LogP contribution in [-0.2, 0) is 9.47 Å². The quantitative estimate of drug-likeness (QED) is 0.541. The zero-order valence-corrected chi connectivity index (χ0v) is 10.2. The molecule has 0 aliphatic carbocycles. The van der Waals surface area contributed by atoms with E-state index < -0.39 is 0 Å². The molecule has 0 bridgehead atoms. The number of unbranched alkanes of at least 4 members (excludes halogenated alkanes) is 2.